The lowest BCUT2D eigenvalue weighted by atomic mass is 9.92. The fourth-order valence-electron chi connectivity index (χ4n) is 4.84. The molecule has 4 rings (SSSR count). The van der Waals surface area contributed by atoms with Crippen LogP contribution in [-0.2, 0) is 25.0 Å². The third kappa shape index (κ3) is 7.05. The van der Waals surface area contributed by atoms with Crippen LogP contribution in [-0.4, -0.2) is 51.4 Å². The molecule has 2 aromatic carbocycles. The van der Waals surface area contributed by atoms with Gasteiger partial charge in [-0.3, -0.25) is 19.6 Å². The van der Waals surface area contributed by atoms with Gasteiger partial charge in [0, 0.05) is 51.7 Å². The molecule has 0 atom stereocenters. The second kappa shape index (κ2) is 13.3. The van der Waals surface area contributed by atoms with Crippen molar-refractivity contribution in [3.63, 3.8) is 0 Å². The van der Waals surface area contributed by atoms with Crippen LogP contribution in [0.25, 0.3) is 43.9 Å². The number of nitrogens with two attached hydrogens (primary N) is 2. The van der Waals surface area contributed by atoms with E-state index in [-0.39, 0.29) is 39.9 Å². The number of carbonyl (C=O) groups excluding carboxylic acids is 2. The minimum absolute atomic E-state index is 0.00518. The molecule has 0 bridgehead atoms. The zero-order chi connectivity index (χ0) is 32.9. The van der Waals surface area contributed by atoms with Crippen LogP contribution in [0.3, 0.4) is 0 Å². The van der Waals surface area contributed by atoms with Gasteiger partial charge < -0.3 is 24.8 Å². The van der Waals surface area contributed by atoms with E-state index in [9.17, 15) is 35.5 Å². The maximum atomic E-state index is 12.9. The molecule has 0 unspecified atom stereocenters. The summed E-state index contributed by atoms with van der Waals surface area (Å²) in [6.07, 6.45) is 2.95. The number of fused-ring (bicyclic) bond motifs is 2. The highest BCUT2D eigenvalue weighted by molar-refractivity contribution is 7.86. The van der Waals surface area contributed by atoms with Gasteiger partial charge in [-0.1, -0.05) is 18.0 Å². The molecule has 0 fully saturated rings. The standard InChI is InChI=1S/C27H26N6O10S2/c28-19-9-7-17-22(18-8-10-20(29)26(45(39,40)41)24(18)43-23(17)25(19)44(36,37)38)16-6-5-15(13-21(16)42-14-34)27(35)31-11-3-1-2-4-12-32-33-30/h5-10,13-14,28H,1-4,11-12,29H2,(H,31,35)(H,36,37,38)(H,39,40,41). The lowest BCUT2D eigenvalue weighted by Crippen LogP contribution is -2.47. The normalized spacial score (nSPS) is 11.7. The van der Waals surface area contributed by atoms with E-state index in [0.717, 1.165) is 31.4 Å². The minimum atomic E-state index is -5.31. The van der Waals surface area contributed by atoms with Crippen molar-refractivity contribution in [2.75, 3.05) is 18.8 Å². The van der Waals surface area contributed by atoms with E-state index in [0.29, 0.717) is 19.5 Å². The summed E-state index contributed by atoms with van der Waals surface area (Å²) in [6, 6.07) is 8.88. The summed E-state index contributed by atoms with van der Waals surface area (Å²) >= 11 is 0. The van der Waals surface area contributed by atoms with E-state index in [4.69, 9.17) is 25.8 Å². The molecule has 0 spiro atoms. The molecule has 236 valence electrons. The van der Waals surface area contributed by atoms with Gasteiger partial charge in [0.25, 0.3) is 12.4 Å². The van der Waals surface area contributed by atoms with E-state index in [1.807, 2.05) is 0 Å². The molecule has 45 heavy (non-hydrogen) atoms. The quantitative estimate of drug-likeness (QED) is 0.0234. The largest absolute Gasteiger partial charge is 0.744 e. The number of ether oxygens (including phenoxy) is 1. The Labute approximate surface area is 255 Å². The molecule has 16 nitrogen and oxygen atoms in total. The van der Waals surface area contributed by atoms with Crippen molar-refractivity contribution in [2.24, 2.45) is 5.11 Å². The van der Waals surface area contributed by atoms with E-state index in [1.54, 1.807) is 0 Å². The Morgan fingerprint density at radius 1 is 1.09 bits per heavy atom. The van der Waals surface area contributed by atoms with E-state index < -0.39 is 58.3 Å². The van der Waals surface area contributed by atoms with Crippen molar-refractivity contribution in [1.29, 1.82) is 0 Å². The molecule has 0 saturated carbocycles. The van der Waals surface area contributed by atoms with Crippen molar-refractivity contribution in [3.05, 3.63) is 63.8 Å². The Morgan fingerprint density at radius 3 is 2.47 bits per heavy atom. The number of hydrogen-bond donors (Lipinski definition) is 4. The van der Waals surface area contributed by atoms with Crippen LogP contribution in [0.1, 0.15) is 36.0 Å². The summed E-state index contributed by atoms with van der Waals surface area (Å²) in [4.78, 5) is 25.2. The predicted octanol–water partition coefficient (Wildman–Crippen LogP) is 1.73. The number of anilines is 1. The second-order valence-electron chi connectivity index (χ2n) is 9.68. The van der Waals surface area contributed by atoms with Gasteiger partial charge in [-0.25, -0.2) is 8.42 Å². The van der Waals surface area contributed by atoms with Gasteiger partial charge in [0.1, 0.15) is 20.8 Å². The van der Waals surface area contributed by atoms with Crippen molar-refractivity contribution in [2.45, 2.75) is 35.5 Å². The molecule has 0 radical (unpaired) electrons. The summed E-state index contributed by atoms with van der Waals surface area (Å²) in [7, 11) is -10.4. The van der Waals surface area contributed by atoms with Crippen molar-refractivity contribution in [1.82, 2.24) is 5.32 Å². The first kappa shape index (κ1) is 32.9. The van der Waals surface area contributed by atoms with Crippen LogP contribution in [0.4, 0.5) is 5.69 Å². The average molecular weight is 659 g/mol. The molecule has 1 aliphatic heterocycles. The molecule has 0 aromatic heterocycles. The number of nitrogens with zero attached hydrogens (tertiary/aromatic N) is 3. The first-order valence-electron chi connectivity index (χ1n) is 13.2. The number of nitrogens with one attached hydrogen (secondary N) is 1. The zero-order valence-electron chi connectivity index (χ0n) is 23.3. The summed E-state index contributed by atoms with van der Waals surface area (Å²) < 4.78 is 82.3. The van der Waals surface area contributed by atoms with Crippen LogP contribution in [0, 0.1) is 0 Å². The minimum Gasteiger partial charge on any atom is -0.744 e. The number of rotatable bonds is 13. The van der Waals surface area contributed by atoms with Gasteiger partial charge in [0.15, 0.2) is 11.3 Å². The number of hydrogen-bond acceptors (Lipinski definition) is 11. The summed E-state index contributed by atoms with van der Waals surface area (Å²) in [6.45, 7) is 0.803. The molecule has 1 heterocycles. The topological polar surface area (TPSA) is 280 Å². The van der Waals surface area contributed by atoms with Gasteiger partial charge in [-0.05, 0) is 54.8 Å². The molecule has 0 saturated heterocycles. The van der Waals surface area contributed by atoms with Crippen molar-refractivity contribution < 1.29 is 50.1 Å². The van der Waals surface area contributed by atoms with E-state index in [1.165, 1.54) is 30.3 Å². The van der Waals surface area contributed by atoms with Crippen LogP contribution in [0.5, 0.6) is 5.75 Å². The molecule has 1 amide bonds. The first-order valence-corrected chi connectivity index (χ1v) is 16.0. The Bertz CT molecular complexity index is 2110. The zero-order valence-corrected chi connectivity index (χ0v) is 24.9. The maximum absolute atomic E-state index is 12.9. The van der Waals surface area contributed by atoms with Crippen LogP contribution in [0.2, 0.25) is 0 Å². The molecule has 2 aliphatic rings. The number of nitrogen functional groups attached to an aromatic ring is 1. The third-order valence-corrected chi connectivity index (χ3v) is 8.62. The summed E-state index contributed by atoms with van der Waals surface area (Å²) in [5.41, 5.74) is 13.1. The fourth-order valence-corrected chi connectivity index (χ4v) is 6.33. The summed E-state index contributed by atoms with van der Waals surface area (Å²) in [5.74, 6) is -1.31. The molecule has 2 aromatic rings. The smallest absolute Gasteiger partial charge is 0.304 e. The number of azide groups is 1. The van der Waals surface area contributed by atoms with Crippen molar-refractivity contribution in [3.8, 4) is 28.2 Å². The highest BCUT2D eigenvalue weighted by atomic mass is 32.2. The number of unbranched alkanes of at least 4 members (excludes halogenated alkanes) is 3. The Kier molecular flexibility index (Phi) is 9.75. The highest BCUT2D eigenvalue weighted by Crippen LogP contribution is 2.47. The number of amides is 1. The molecule has 6 N–H and O–H groups in total. The Balaban J connectivity index is 1.88. The highest BCUT2D eigenvalue weighted by Gasteiger charge is 2.31. The number of carbonyl (C=O) groups is 2. The maximum Gasteiger partial charge on any atom is 0.304 e. The Hall–Kier alpha value is -5.00. The van der Waals surface area contributed by atoms with Crippen molar-refractivity contribution >= 4 is 49.3 Å². The lowest BCUT2D eigenvalue weighted by Gasteiger charge is -2.21. The molecular weight excluding hydrogens is 632 g/mol. The van der Waals surface area contributed by atoms with E-state index in [2.05, 4.69) is 15.3 Å². The molecular formula is C27H26N6O10S2. The predicted molar refractivity (Wildman–Crippen MR) is 157 cm³/mol. The lowest BCUT2D eigenvalue weighted by molar-refractivity contribution is -0.176. The SMILES string of the molecule is [N-]=[N+]=NCCCCCCNC(=O)c1ccc(-c2c3ccc(=[NH2+])c(S(=O)(=O)O)c-3oc3c(S(=O)(=O)[O-])c(N)ccc23)c(OC=O)c1. The Morgan fingerprint density at radius 2 is 1.80 bits per heavy atom. The van der Waals surface area contributed by atoms with Gasteiger partial charge in [0.05, 0.1) is 5.69 Å². The molecule has 18 heteroatoms. The fraction of sp³-hybridized carbons (Fsp3) is 0.222. The van der Waals surface area contributed by atoms with Crippen LogP contribution < -0.4 is 26.6 Å². The van der Waals surface area contributed by atoms with Gasteiger partial charge in [-0.15, -0.1) is 0 Å². The van der Waals surface area contributed by atoms with Gasteiger partial charge in [0.2, 0.25) is 10.3 Å². The van der Waals surface area contributed by atoms with Crippen LogP contribution in [0.15, 0.2) is 61.8 Å². The first-order chi connectivity index (χ1) is 21.3. The molecule has 1 aliphatic carbocycles. The third-order valence-electron chi connectivity index (χ3n) is 6.76. The summed E-state index contributed by atoms with van der Waals surface area (Å²) in [5, 5.41) is 11.5. The van der Waals surface area contributed by atoms with Gasteiger partial charge in [-0.2, -0.15) is 8.42 Å². The second-order valence-corrected chi connectivity index (χ2v) is 12.4. The monoisotopic (exact) mass is 658 g/mol. The van der Waals surface area contributed by atoms with E-state index >= 15 is 0 Å². The number of benzene rings is 3. The van der Waals surface area contributed by atoms with Gasteiger partial charge >= 0.3 is 10.1 Å². The average Bonchev–Trinajstić information content (AvgIpc) is 2.96. The van der Waals surface area contributed by atoms with Crippen LogP contribution >= 0.6 is 0 Å².